The molecule has 2 N–H and O–H groups in total. The first-order valence-corrected chi connectivity index (χ1v) is 5.88. The van der Waals surface area contributed by atoms with Gasteiger partial charge in [0.2, 0.25) is 0 Å². The third kappa shape index (κ3) is 2.02. The van der Waals surface area contributed by atoms with E-state index in [9.17, 15) is 9.59 Å². The second kappa shape index (κ2) is 4.03. The number of thioether (sulfide) groups is 1. The lowest BCUT2D eigenvalue weighted by Crippen LogP contribution is -2.20. The molecular formula is C8H7N3O2S2. The lowest BCUT2D eigenvalue weighted by atomic mass is 10.6. The van der Waals surface area contributed by atoms with Crippen LogP contribution in [-0.2, 0) is 0 Å². The van der Waals surface area contributed by atoms with Crippen LogP contribution in [0.2, 0.25) is 0 Å². The molecule has 7 heteroatoms. The van der Waals surface area contributed by atoms with Crippen molar-refractivity contribution < 1.29 is 0 Å². The van der Waals surface area contributed by atoms with Gasteiger partial charge in [-0.3, -0.25) is 14.8 Å². The smallest absolute Gasteiger partial charge is 0.291 e. The maximum atomic E-state index is 11.4. The van der Waals surface area contributed by atoms with E-state index in [1.807, 2.05) is 0 Å². The van der Waals surface area contributed by atoms with E-state index in [0.717, 1.165) is 10.1 Å². The number of rotatable bonds is 3. The van der Waals surface area contributed by atoms with Gasteiger partial charge in [-0.25, -0.2) is 9.78 Å². The van der Waals surface area contributed by atoms with Crippen molar-refractivity contribution in [3.8, 4) is 0 Å². The van der Waals surface area contributed by atoms with Crippen molar-refractivity contribution in [2.45, 2.75) is 4.34 Å². The number of nitrogens with zero attached hydrogens (tertiary/aromatic N) is 1. The minimum Gasteiger partial charge on any atom is -0.291 e. The molecule has 0 bridgehead atoms. The number of aromatic amines is 2. The number of hydrogen-bond acceptors (Lipinski definition) is 5. The molecule has 2 rings (SSSR count). The summed E-state index contributed by atoms with van der Waals surface area (Å²) in [5.41, 5.74) is -0.574. The Balaban J connectivity index is 2.55. The van der Waals surface area contributed by atoms with Crippen molar-refractivity contribution in [1.82, 2.24) is 15.0 Å². The van der Waals surface area contributed by atoms with E-state index in [1.165, 1.54) is 23.1 Å². The second-order valence-corrected chi connectivity index (χ2v) is 4.93. The van der Waals surface area contributed by atoms with Crippen molar-refractivity contribution >= 4 is 33.4 Å². The van der Waals surface area contributed by atoms with Gasteiger partial charge in [0, 0.05) is 5.75 Å². The summed E-state index contributed by atoms with van der Waals surface area (Å²) in [6, 6.07) is 0. The molecule has 2 heterocycles. The highest BCUT2D eigenvalue weighted by atomic mass is 32.2. The van der Waals surface area contributed by atoms with Crippen LogP contribution < -0.4 is 11.2 Å². The third-order valence-corrected chi connectivity index (χ3v) is 3.79. The minimum absolute atomic E-state index is 0.348. The van der Waals surface area contributed by atoms with E-state index in [2.05, 4.69) is 21.5 Å². The van der Waals surface area contributed by atoms with Crippen molar-refractivity contribution in [3.63, 3.8) is 0 Å². The van der Waals surface area contributed by atoms with Gasteiger partial charge in [-0.1, -0.05) is 17.8 Å². The van der Waals surface area contributed by atoms with E-state index in [0.29, 0.717) is 10.3 Å². The molecule has 0 unspecified atom stereocenters. The fourth-order valence-corrected chi connectivity index (χ4v) is 2.78. The summed E-state index contributed by atoms with van der Waals surface area (Å²) >= 11 is 2.74. The van der Waals surface area contributed by atoms with E-state index in [1.54, 1.807) is 6.08 Å². The number of fused-ring (bicyclic) bond motifs is 1. The largest absolute Gasteiger partial charge is 0.327 e. The van der Waals surface area contributed by atoms with Gasteiger partial charge in [0.15, 0.2) is 9.99 Å². The Morgan fingerprint density at radius 3 is 3.00 bits per heavy atom. The van der Waals surface area contributed by atoms with Gasteiger partial charge >= 0.3 is 5.69 Å². The Morgan fingerprint density at radius 2 is 2.27 bits per heavy atom. The van der Waals surface area contributed by atoms with Gasteiger partial charge in [-0.15, -0.1) is 17.9 Å². The summed E-state index contributed by atoms with van der Waals surface area (Å²) in [5, 5.41) is 0. The summed E-state index contributed by atoms with van der Waals surface area (Å²) in [5.74, 6) is 0.724. The first-order chi connectivity index (χ1) is 7.20. The van der Waals surface area contributed by atoms with Gasteiger partial charge in [0.25, 0.3) is 5.56 Å². The maximum Gasteiger partial charge on any atom is 0.327 e. The van der Waals surface area contributed by atoms with Crippen molar-refractivity contribution in [3.05, 3.63) is 33.5 Å². The van der Waals surface area contributed by atoms with Crippen LogP contribution >= 0.6 is 23.1 Å². The van der Waals surface area contributed by atoms with Gasteiger partial charge < -0.3 is 0 Å². The first kappa shape index (κ1) is 10.2. The monoisotopic (exact) mass is 241 g/mol. The lowest BCUT2D eigenvalue weighted by Gasteiger charge is -1.86. The molecule has 0 atom stereocenters. The molecule has 0 aliphatic rings. The predicted molar refractivity (Wildman–Crippen MR) is 61.8 cm³/mol. The molecule has 5 nitrogen and oxygen atoms in total. The van der Waals surface area contributed by atoms with Crippen molar-refractivity contribution in [2.75, 3.05) is 5.75 Å². The standard InChI is InChI=1S/C8H7N3O2S2/c1-2-3-14-8-10-5-4(15-8)6(12)11-7(13)9-5/h2H,1,3H2,(H2,9,11,12,13). The van der Waals surface area contributed by atoms with Crippen molar-refractivity contribution in [2.24, 2.45) is 0 Å². The lowest BCUT2D eigenvalue weighted by molar-refractivity contribution is 1.06. The Morgan fingerprint density at radius 1 is 1.47 bits per heavy atom. The van der Waals surface area contributed by atoms with Crippen LogP contribution in [0.5, 0.6) is 0 Å². The molecule has 0 saturated carbocycles. The third-order valence-electron chi connectivity index (χ3n) is 1.60. The average Bonchev–Trinajstić information content (AvgIpc) is 2.57. The number of nitrogens with one attached hydrogen (secondary N) is 2. The van der Waals surface area contributed by atoms with Crippen LogP contribution in [0, 0.1) is 0 Å². The Bertz CT molecular complexity index is 610. The zero-order valence-electron chi connectivity index (χ0n) is 7.57. The van der Waals surface area contributed by atoms with Crippen LogP contribution in [-0.4, -0.2) is 20.7 Å². The van der Waals surface area contributed by atoms with Crippen LogP contribution in [0.4, 0.5) is 0 Å². The predicted octanol–water partition coefficient (Wildman–Crippen LogP) is 0.951. The molecule has 15 heavy (non-hydrogen) atoms. The van der Waals surface area contributed by atoms with Gasteiger partial charge in [0.1, 0.15) is 4.70 Å². The van der Waals surface area contributed by atoms with Crippen LogP contribution in [0.3, 0.4) is 0 Å². The average molecular weight is 241 g/mol. The molecule has 0 aliphatic heterocycles. The summed E-state index contributed by atoms with van der Waals surface area (Å²) in [7, 11) is 0. The molecule has 0 aromatic carbocycles. The van der Waals surface area contributed by atoms with Crippen LogP contribution in [0.15, 0.2) is 26.6 Å². The normalized spacial score (nSPS) is 10.7. The van der Waals surface area contributed by atoms with E-state index in [-0.39, 0.29) is 0 Å². The fraction of sp³-hybridized carbons (Fsp3) is 0.125. The summed E-state index contributed by atoms with van der Waals surface area (Å²) < 4.78 is 1.19. The van der Waals surface area contributed by atoms with Crippen LogP contribution in [0.25, 0.3) is 10.3 Å². The number of H-pyrrole nitrogens is 2. The fourth-order valence-electron chi connectivity index (χ4n) is 1.03. The molecule has 0 saturated heterocycles. The zero-order valence-corrected chi connectivity index (χ0v) is 9.20. The summed E-state index contributed by atoms with van der Waals surface area (Å²) in [4.78, 5) is 31.1. The van der Waals surface area contributed by atoms with E-state index in [4.69, 9.17) is 0 Å². The summed E-state index contributed by atoms with van der Waals surface area (Å²) in [6.07, 6.45) is 1.75. The molecule has 78 valence electrons. The zero-order chi connectivity index (χ0) is 10.8. The molecule has 2 aromatic heterocycles. The van der Waals surface area contributed by atoms with E-state index < -0.39 is 11.2 Å². The Kier molecular flexibility index (Phi) is 2.74. The SMILES string of the molecule is C=CCSc1nc2[nH]c(=O)[nH]c(=O)c2s1. The van der Waals surface area contributed by atoms with Crippen LogP contribution in [0.1, 0.15) is 0 Å². The highest BCUT2D eigenvalue weighted by Crippen LogP contribution is 2.25. The molecule has 0 fully saturated rings. The highest BCUT2D eigenvalue weighted by Gasteiger charge is 2.07. The Hall–Kier alpha value is -1.34. The first-order valence-electron chi connectivity index (χ1n) is 4.07. The number of aromatic nitrogens is 3. The maximum absolute atomic E-state index is 11.4. The quantitative estimate of drug-likeness (QED) is 0.619. The molecule has 2 aromatic rings. The molecule has 0 spiro atoms. The Labute approximate surface area is 92.3 Å². The van der Waals surface area contributed by atoms with Crippen molar-refractivity contribution in [1.29, 1.82) is 0 Å². The second-order valence-electron chi connectivity index (χ2n) is 2.67. The van der Waals surface area contributed by atoms with Gasteiger partial charge in [0.05, 0.1) is 0 Å². The summed E-state index contributed by atoms with van der Waals surface area (Å²) in [6.45, 7) is 3.59. The molecular weight excluding hydrogens is 234 g/mol. The van der Waals surface area contributed by atoms with Gasteiger partial charge in [-0.2, -0.15) is 0 Å². The minimum atomic E-state index is -0.530. The van der Waals surface area contributed by atoms with E-state index >= 15 is 0 Å². The molecule has 0 aliphatic carbocycles. The number of hydrogen-bond donors (Lipinski definition) is 2. The molecule has 0 radical (unpaired) electrons. The molecule has 0 amide bonds. The van der Waals surface area contributed by atoms with Gasteiger partial charge in [-0.05, 0) is 0 Å². The number of thiazole rings is 1. The topological polar surface area (TPSA) is 78.6 Å². The highest BCUT2D eigenvalue weighted by molar-refractivity contribution is 8.01.